The number of unbranched alkanes of at least 4 members (excludes halogenated alkanes) is 1. The number of para-hydroxylation sites is 1. The lowest BCUT2D eigenvalue weighted by molar-refractivity contribution is -0.134. The first kappa shape index (κ1) is 27.1. The summed E-state index contributed by atoms with van der Waals surface area (Å²) in [5.74, 6) is -2.46. The van der Waals surface area contributed by atoms with Gasteiger partial charge in [0.05, 0.1) is 21.2 Å². The van der Waals surface area contributed by atoms with Crippen LogP contribution in [0.1, 0.15) is 46.5 Å². The number of hydrogen-bond donors (Lipinski definition) is 1. The fourth-order valence-corrected chi connectivity index (χ4v) is 7.33. The standard InChI is InChI=1S/C26H32FNO5S2/c1-4-7-13-26(5-2)17-28(19-11-9-8-10-12-19)21-14-23(34-6-3)22(33-16-20(27)25(29)30)15-24(21)35(31,32)18-26/h8-12,14-16H,4-7,13,17-18H2,1-3H3,(H,29,30)/b20-16-. The first-order valence-electron chi connectivity index (χ1n) is 11.8. The Balaban J connectivity index is 2.25. The molecule has 1 unspecified atom stereocenters. The summed E-state index contributed by atoms with van der Waals surface area (Å²) < 4.78 is 46.6. The number of aliphatic carboxylic acids is 1. The van der Waals surface area contributed by atoms with Gasteiger partial charge in [0.25, 0.3) is 0 Å². The highest BCUT2D eigenvalue weighted by Gasteiger charge is 2.42. The van der Waals surface area contributed by atoms with E-state index in [4.69, 9.17) is 9.84 Å². The molecule has 2 aromatic carbocycles. The molecule has 1 N–H and O–H groups in total. The van der Waals surface area contributed by atoms with Gasteiger partial charge in [0.15, 0.2) is 9.84 Å². The van der Waals surface area contributed by atoms with Crippen LogP contribution < -0.4 is 9.64 Å². The van der Waals surface area contributed by atoms with E-state index in [1.807, 2.05) is 44.2 Å². The van der Waals surface area contributed by atoms with Crippen molar-refractivity contribution in [2.75, 3.05) is 23.0 Å². The fraction of sp³-hybridized carbons (Fsp3) is 0.423. The molecule has 1 aliphatic rings. The van der Waals surface area contributed by atoms with E-state index in [1.54, 1.807) is 6.07 Å². The van der Waals surface area contributed by atoms with Gasteiger partial charge in [-0.3, -0.25) is 0 Å². The number of benzene rings is 2. The molecular formula is C26H32FNO5S2. The van der Waals surface area contributed by atoms with Crippen molar-refractivity contribution in [1.82, 2.24) is 0 Å². The van der Waals surface area contributed by atoms with Crippen molar-refractivity contribution < 1.29 is 27.4 Å². The summed E-state index contributed by atoms with van der Waals surface area (Å²) in [6, 6.07) is 12.9. The average Bonchev–Trinajstić information content (AvgIpc) is 2.94. The number of rotatable bonds is 10. The molecule has 3 rings (SSSR count). The molecular weight excluding hydrogens is 489 g/mol. The number of anilines is 2. The molecule has 0 saturated carbocycles. The molecule has 0 aliphatic carbocycles. The van der Waals surface area contributed by atoms with Crippen molar-refractivity contribution in [1.29, 1.82) is 0 Å². The number of halogens is 1. The highest BCUT2D eigenvalue weighted by molar-refractivity contribution is 7.99. The number of thioether (sulfide) groups is 1. The molecule has 1 aliphatic heterocycles. The number of sulfone groups is 1. The van der Waals surface area contributed by atoms with E-state index in [9.17, 15) is 17.6 Å². The Kier molecular flexibility index (Phi) is 8.88. The minimum atomic E-state index is -3.74. The van der Waals surface area contributed by atoms with Gasteiger partial charge in [0.1, 0.15) is 12.0 Å². The Morgan fingerprint density at radius 2 is 1.94 bits per heavy atom. The van der Waals surface area contributed by atoms with Crippen molar-refractivity contribution >= 4 is 38.9 Å². The molecule has 2 aromatic rings. The van der Waals surface area contributed by atoms with E-state index < -0.39 is 27.0 Å². The topological polar surface area (TPSA) is 83.9 Å². The molecule has 0 amide bonds. The highest BCUT2D eigenvalue weighted by Crippen LogP contribution is 2.47. The quantitative estimate of drug-likeness (QED) is 0.215. The third-order valence-electron chi connectivity index (χ3n) is 6.31. The van der Waals surface area contributed by atoms with E-state index in [1.165, 1.54) is 17.8 Å². The average molecular weight is 522 g/mol. The molecule has 0 saturated heterocycles. The predicted molar refractivity (Wildman–Crippen MR) is 138 cm³/mol. The maximum atomic E-state index is 13.8. The van der Waals surface area contributed by atoms with E-state index in [2.05, 4.69) is 11.8 Å². The zero-order valence-corrected chi connectivity index (χ0v) is 21.9. The van der Waals surface area contributed by atoms with Crippen LogP contribution in [0, 0.1) is 5.41 Å². The Bertz CT molecular complexity index is 1180. The van der Waals surface area contributed by atoms with E-state index in [0.717, 1.165) is 24.9 Å². The van der Waals surface area contributed by atoms with Crippen molar-refractivity contribution in [2.24, 2.45) is 5.41 Å². The van der Waals surface area contributed by atoms with E-state index in [0.29, 0.717) is 35.6 Å². The summed E-state index contributed by atoms with van der Waals surface area (Å²) in [7, 11) is -3.74. The molecule has 35 heavy (non-hydrogen) atoms. The van der Waals surface area contributed by atoms with Gasteiger partial charge >= 0.3 is 5.97 Å². The molecule has 0 bridgehead atoms. The zero-order chi connectivity index (χ0) is 25.6. The van der Waals surface area contributed by atoms with E-state index >= 15 is 0 Å². The summed E-state index contributed by atoms with van der Waals surface area (Å²) in [6.07, 6.45) is 3.88. The molecule has 1 heterocycles. The Morgan fingerprint density at radius 3 is 2.54 bits per heavy atom. The molecule has 0 spiro atoms. The second kappa shape index (κ2) is 11.5. The third kappa shape index (κ3) is 6.19. The molecule has 0 radical (unpaired) electrons. The van der Waals surface area contributed by atoms with Crippen LogP contribution in [0.25, 0.3) is 0 Å². The van der Waals surface area contributed by atoms with Gasteiger partial charge in [-0.2, -0.15) is 4.39 Å². The van der Waals surface area contributed by atoms with Gasteiger partial charge in [0, 0.05) is 23.7 Å². The van der Waals surface area contributed by atoms with Crippen molar-refractivity contribution in [2.45, 2.75) is 56.2 Å². The zero-order valence-electron chi connectivity index (χ0n) is 20.3. The summed E-state index contributed by atoms with van der Waals surface area (Å²) in [5.41, 5.74) is 0.991. The molecule has 1 atom stereocenters. The Labute approximate surface area is 211 Å². The maximum absolute atomic E-state index is 13.8. The van der Waals surface area contributed by atoms with Crippen LogP contribution in [0.15, 0.2) is 64.3 Å². The van der Waals surface area contributed by atoms with E-state index in [-0.39, 0.29) is 16.4 Å². The normalized spacial score (nSPS) is 19.7. The highest BCUT2D eigenvalue weighted by atomic mass is 32.2. The summed E-state index contributed by atoms with van der Waals surface area (Å²) >= 11 is 1.41. The van der Waals surface area contributed by atoms with Gasteiger partial charge in [-0.25, -0.2) is 13.2 Å². The maximum Gasteiger partial charge on any atom is 0.368 e. The monoisotopic (exact) mass is 521 g/mol. The van der Waals surface area contributed by atoms with Crippen LogP contribution in [0.3, 0.4) is 0 Å². The van der Waals surface area contributed by atoms with Crippen molar-refractivity contribution in [3.8, 4) is 5.75 Å². The number of nitrogens with zero attached hydrogens (tertiary/aromatic N) is 1. The second-order valence-corrected chi connectivity index (χ2v) is 12.0. The summed E-state index contributed by atoms with van der Waals surface area (Å²) in [6.45, 7) is 6.62. The SMILES string of the molecule is CCCCC1(CC)CN(c2ccccc2)c2cc(SCC)c(O/C=C(\F)C(=O)O)cc2S(=O)(=O)C1. The van der Waals surface area contributed by atoms with Gasteiger partial charge in [0.2, 0.25) is 5.83 Å². The molecule has 0 aromatic heterocycles. The van der Waals surface area contributed by atoms with Crippen molar-refractivity contribution in [3.63, 3.8) is 0 Å². The lowest BCUT2D eigenvalue weighted by Gasteiger charge is -2.36. The smallest absolute Gasteiger partial charge is 0.368 e. The van der Waals surface area contributed by atoms with Crippen LogP contribution in [-0.4, -0.2) is 37.5 Å². The first-order chi connectivity index (χ1) is 16.7. The van der Waals surface area contributed by atoms with Gasteiger partial charge in [-0.15, -0.1) is 11.8 Å². The van der Waals surface area contributed by atoms with Gasteiger partial charge in [-0.1, -0.05) is 51.8 Å². The number of ether oxygens (including phenoxy) is 1. The van der Waals surface area contributed by atoms with Crippen LogP contribution in [0.5, 0.6) is 5.75 Å². The number of carbonyl (C=O) groups is 1. The number of hydrogen-bond acceptors (Lipinski definition) is 6. The Morgan fingerprint density at radius 1 is 1.23 bits per heavy atom. The second-order valence-electron chi connectivity index (χ2n) is 8.73. The lowest BCUT2D eigenvalue weighted by Crippen LogP contribution is -2.37. The third-order valence-corrected chi connectivity index (χ3v) is 9.22. The molecule has 0 fully saturated rings. The van der Waals surface area contributed by atoms with Gasteiger partial charge in [-0.05, 0) is 36.8 Å². The summed E-state index contributed by atoms with van der Waals surface area (Å²) in [4.78, 5) is 13.6. The van der Waals surface area contributed by atoms with Crippen LogP contribution in [0.4, 0.5) is 15.8 Å². The largest absolute Gasteiger partial charge is 0.476 e. The minimum Gasteiger partial charge on any atom is -0.476 e. The number of carboxylic acids is 1. The number of fused-ring (bicyclic) bond motifs is 1. The van der Waals surface area contributed by atoms with Crippen LogP contribution in [0.2, 0.25) is 0 Å². The minimum absolute atomic E-state index is 0.00807. The van der Waals surface area contributed by atoms with Gasteiger partial charge < -0.3 is 14.7 Å². The summed E-state index contributed by atoms with van der Waals surface area (Å²) in [5, 5.41) is 8.83. The lowest BCUT2D eigenvalue weighted by atomic mass is 9.81. The number of carboxylic acid groups (broad SMARTS) is 1. The fourth-order valence-electron chi connectivity index (χ4n) is 4.40. The van der Waals surface area contributed by atoms with Crippen LogP contribution in [-0.2, 0) is 14.6 Å². The van der Waals surface area contributed by atoms with Crippen molar-refractivity contribution in [3.05, 3.63) is 54.6 Å². The van der Waals surface area contributed by atoms with Crippen LogP contribution >= 0.6 is 11.8 Å². The molecule has 190 valence electrons. The molecule has 6 nitrogen and oxygen atoms in total. The molecule has 9 heteroatoms. The first-order valence-corrected chi connectivity index (χ1v) is 14.4. The predicted octanol–water partition coefficient (Wildman–Crippen LogP) is 6.58. The Hall–Kier alpha value is -2.52.